The van der Waals surface area contributed by atoms with E-state index in [1.807, 2.05) is 0 Å². The second kappa shape index (κ2) is 6.55. The lowest BCUT2D eigenvalue weighted by Gasteiger charge is -2.53. The quantitative estimate of drug-likeness (QED) is 0.773. The molecule has 0 aromatic carbocycles. The van der Waals surface area contributed by atoms with E-state index in [4.69, 9.17) is 4.74 Å². The van der Waals surface area contributed by atoms with Crippen LogP contribution in [0, 0.1) is 5.92 Å². The van der Waals surface area contributed by atoms with Crippen molar-refractivity contribution >= 4 is 0 Å². The fourth-order valence-corrected chi connectivity index (χ4v) is 4.23. The number of morpholine rings is 1. The number of nitrogens with one attached hydrogen (secondary N) is 1. The summed E-state index contributed by atoms with van der Waals surface area (Å²) in [5, 5.41) is 3.62. The van der Waals surface area contributed by atoms with Crippen LogP contribution in [-0.4, -0.2) is 49.3 Å². The first-order valence-electron chi connectivity index (χ1n) is 8.48. The highest BCUT2D eigenvalue weighted by atomic mass is 16.5. The summed E-state index contributed by atoms with van der Waals surface area (Å²) in [5.74, 6) is 0.896. The average Bonchev–Trinajstić information content (AvgIpc) is 2.43. The van der Waals surface area contributed by atoms with Crippen LogP contribution in [0.2, 0.25) is 0 Å². The molecule has 110 valence electrons. The van der Waals surface area contributed by atoms with Crippen molar-refractivity contribution in [2.75, 3.05) is 26.2 Å². The van der Waals surface area contributed by atoms with E-state index in [1.54, 1.807) is 0 Å². The molecule has 19 heavy (non-hydrogen) atoms. The summed E-state index contributed by atoms with van der Waals surface area (Å²) in [5.41, 5.74) is 0. The maximum atomic E-state index is 6.01. The highest BCUT2D eigenvalue weighted by Gasteiger charge is 2.43. The Bertz CT molecular complexity index is 282. The van der Waals surface area contributed by atoms with Gasteiger partial charge in [0.1, 0.15) is 0 Å². The Labute approximate surface area is 118 Å². The predicted molar refractivity (Wildman–Crippen MR) is 78.4 cm³/mol. The minimum atomic E-state index is 0.548. The van der Waals surface area contributed by atoms with Gasteiger partial charge in [0.2, 0.25) is 0 Å². The lowest BCUT2D eigenvalue weighted by atomic mass is 9.76. The molecule has 1 heterocycles. The van der Waals surface area contributed by atoms with Crippen LogP contribution >= 0.6 is 0 Å². The molecule has 0 bridgehead atoms. The molecule has 0 radical (unpaired) electrons. The van der Waals surface area contributed by atoms with Gasteiger partial charge in [-0.05, 0) is 51.1 Å². The highest BCUT2D eigenvalue weighted by Crippen LogP contribution is 2.38. The highest BCUT2D eigenvalue weighted by molar-refractivity contribution is 4.97. The lowest BCUT2D eigenvalue weighted by molar-refractivity contribution is -0.123. The third kappa shape index (κ3) is 2.98. The van der Waals surface area contributed by atoms with Crippen LogP contribution in [0.3, 0.4) is 0 Å². The van der Waals surface area contributed by atoms with E-state index in [1.165, 1.54) is 64.6 Å². The monoisotopic (exact) mass is 266 g/mol. The summed E-state index contributed by atoms with van der Waals surface area (Å²) in [6.07, 6.45) is 10.1. The van der Waals surface area contributed by atoms with Gasteiger partial charge in [0.05, 0.1) is 12.7 Å². The standard InChI is InChI=1S/C16H30N2O/c1-2-9-17-12-13-7-8-14(13)18-10-11-19-16-6-4-3-5-15(16)18/h13-17H,2-12H2,1H3. The molecule has 4 unspecified atom stereocenters. The second-order valence-electron chi connectivity index (χ2n) is 6.61. The fourth-order valence-electron chi connectivity index (χ4n) is 4.23. The van der Waals surface area contributed by atoms with Crippen molar-refractivity contribution in [3.63, 3.8) is 0 Å². The van der Waals surface area contributed by atoms with Crippen molar-refractivity contribution in [3.05, 3.63) is 0 Å². The van der Waals surface area contributed by atoms with E-state index in [0.717, 1.165) is 24.6 Å². The van der Waals surface area contributed by atoms with Crippen molar-refractivity contribution in [2.45, 2.75) is 70.1 Å². The molecule has 3 aliphatic rings. The van der Waals surface area contributed by atoms with E-state index in [-0.39, 0.29) is 0 Å². The average molecular weight is 266 g/mol. The first-order chi connectivity index (χ1) is 9.40. The van der Waals surface area contributed by atoms with Crippen molar-refractivity contribution in [1.29, 1.82) is 0 Å². The molecule has 0 aromatic rings. The van der Waals surface area contributed by atoms with Crippen LogP contribution in [-0.2, 0) is 4.74 Å². The van der Waals surface area contributed by atoms with Gasteiger partial charge >= 0.3 is 0 Å². The Kier molecular flexibility index (Phi) is 4.78. The first-order valence-corrected chi connectivity index (χ1v) is 8.48. The maximum Gasteiger partial charge on any atom is 0.0731 e. The van der Waals surface area contributed by atoms with Crippen LogP contribution in [0.1, 0.15) is 51.9 Å². The number of hydrogen-bond acceptors (Lipinski definition) is 3. The third-order valence-electron chi connectivity index (χ3n) is 5.41. The van der Waals surface area contributed by atoms with E-state index in [0.29, 0.717) is 6.10 Å². The van der Waals surface area contributed by atoms with Gasteiger partial charge in [-0.15, -0.1) is 0 Å². The van der Waals surface area contributed by atoms with E-state index in [9.17, 15) is 0 Å². The number of rotatable bonds is 5. The molecule has 1 aliphatic heterocycles. The summed E-state index contributed by atoms with van der Waals surface area (Å²) in [7, 11) is 0. The van der Waals surface area contributed by atoms with Crippen LogP contribution in [0.15, 0.2) is 0 Å². The normalized spacial score (nSPS) is 39.6. The summed E-state index contributed by atoms with van der Waals surface area (Å²) in [6.45, 7) is 6.80. The van der Waals surface area contributed by atoms with Gasteiger partial charge in [0, 0.05) is 18.6 Å². The topological polar surface area (TPSA) is 24.5 Å². The van der Waals surface area contributed by atoms with E-state index < -0.39 is 0 Å². The molecule has 0 aromatic heterocycles. The Morgan fingerprint density at radius 1 is 1.11 bits per heavy atom. The zero-order valence-electron chi connectivity index (χ0n) is 12.4. The summed E-state index contributed by atoms with van der Waals surface area (Å²) in [6, 6.07) is 1.58. The molecular formula is C16H30N2O. The second-order valence-corrected chi connectivity index (χ2v) is 6.61. The molecule has 3 nitrogen and oxygen atoms in total. The molecule has 1 saturated heterocycles. The van der Waals surface area contributed by atoms with Gasteiger partial charge in [-0.1, -0.05) is 19.8 Å². The van der Waals surface area contributed by atoms with Gasteiger partial charge in [-0.2, -0.15) is 0 Å². The maximum absolute atomic E-state index is 6.01. The SMILES string of the molecule is CCCNCC1CCC1N1CCOC2CCCCC21. The Morgan fingerprint density at radius 2 is 2.00 bits per heavy atom. The van der Waals surface area contributed by atoms with Gasteiger partial charge in [0.15, 0.2) is 0 Å². The molecular weight excluding hydrogens is 236 g/mol. The molecule has 3 heteroatoms. The number of nitrogens with zero attached hydrogens (tertiary/aromatic N) is 1. The molecule has 3 rings (SSSR count). The van der Waals surface area contributed by atoms with Gasteiger partial charge in [-0.3, -0.25) is 4.90 Å². The predicted octanol–water partition coefficient (Wildman–Crippen LogP) is 2.41. The van der Waals surface area contributed by atoms with Crippen molar-refractivity contribution in [3.8, 4) is 0 Å². The molecule has 3 fully saturated rings. The van der Waals surface area contributed by atoms with Gasteiger partial charge in [0.25, 0.3) is 0 Å². The van der Waals surface area contributed by atoms with Gasteiger partial charge in [-0.25, -0.2) is 0 Å². The molecule has 2 saturated carbocycles. The zero-order chi connectivity index (χ0) is 13.1. The van der Waals surface area contributed by atoms with Crippen LogP contribution in [0.4, 0.5) is 0 Å². The molecule has 1 N–H and O–H groups in total. The van der Waals surface area contributed by atoms with Crippen molar-refractivity contribution in [2.24, 2.45) is 5.92 Å². The number of ether oxygens (including phenoxy) is 1. The van der Waals surface area contributed by atoms with Crippen LogP contribution in [0.5, 0.6) is 0 Å². The molecule has 4 atom stereocenters. The number of hydrogen-bond donors (Lipinski definition) is 1. The Hall–Kier alpha value is -0.120. The molecule has 0 amide bonds. The zero-order valence-corrected chi connectivity index (χ0v) is 12.4. The fraction of sp³-hybridized carbons (Fsp3) is 1.00. The Balaban J connectivity index is 1.55. The molecule has 2 aliphatic carbocycles. The van der Waals surface area contributed by atoms with E-state index in [2.05, 4.69) is 17.1 Å². The largest absolute Gasteiger partial charge is 0.375 e. The van der Waals surface area contributed by atoms with Gasteiger partial charge < -0.3 is 10.1 Å². The summed E-state index contributed by atoms with van der Waals surface area (Å²) in [4.78, 5) is 2.83. The minimum absolute atomic E-state index is 0.548. The smallest absolute Gasteiger partial charge is 0.0731 e. The van der Waals surface area contributed by atoms with E-state index >= 15 is 0 Å². The first kappa shape index (κ1) is 13.8. The Morgan fingerprint density at radius 3 is 2.79 bits per heavy atom. The minimum Gasteiger partial charge on any atom is -0.375 e. The summed E-state index contributed by atoms with van der Waals surface area (Å²) >= 11 is 0. The van der Waals surface area contributed by atoms with Crippen LogP contribution < -0.4 is 5.32 Å². The summed E-state index contributed by atoms with van der Waals surface area (Å²) < 4.78 is 6.01. The molecule has 0 spiro atoms. The lowest BCUT2D eigenvalue weighted by Crippen LogP contribution is -2.61. The number of fused-ring (bicyclic) bond motifs is 1. The third-order valence-corrected chi connectivity index (χ3v) is 5.41. The van der Waals surface area contributed by atoms with Crippen LogP contribution in [0.25, 0.3) is 0 Å². The van der Waals surface area contributed by atoms with Crippen molar-refractivity contribution < 1.29 is 4.74 Å². The van der Waals surface area contributed by atoms with Crippen molar-refractivity contribution in [1.82, 2.24) is 10.2 Å².